The highest BCUT2D eigenvalue weighted by atomic mass is 35.5. The van der Waals surface area contributed by atoms with E-state index in [1.165, 1.54) is 6.07 Å². The molecule has 3 N–H and O–H groups in total. The second-order valence-electron chi connectivity index (χ2n) is 5.72. The lowest BCUT2D eigenvalue weighted by Crippen LogP contribution is -2.26. The van der Waals surface area contributed by atoms with E-state index in [0.29, 0.717) is 22.7 Å². The third-order valence-corrected chi connectivity index (χ3v) is 4.17. The van der Waals surface area contributed by atoms with Gasteiger partial charge in [-0.3, -0.25) is 14.4 Å². The van der Waals surface area contributed by atoms with Crippen LogP contribution in [0.15, 0.2) is 18.2 Å². The van der Waals surface area contributed by atoms with Gasteiger partial charge in [0.1, 0.15) is 0 Å². The standard InChI is InChI=1S/C15H15ClN2O4/c16-12-4-3-8(5-11(12)14(20)17-7-1-2-7)18-13(19)9-6-10(9)15(21)22/h3-5,7,9-10H,1-2,6H2,(H,17,20)(H,18,19)(H,21,22). The van der Waals surface area contributed by atoms with Crippen molar-refractivity contribution in [1.82, 2.24) is 5.32 Å². The van der Waals surface area contributed by atoms with Gasteiger partial charge in [0.25, 0.3) is 5.91 Å². The van der Waals surface area contributed by atoms with E-state index in [4.69, 9.17) is 16.7 Å². The summed E-state index contributed by atoms with van der Waals surface area (Å²) in [7, 11) is 0. The van der Waals surface area contributed by atoms with Crippen LogP contribution in [0.25, 0.3) is 0 Å². The van der Waals surface area contributed by atoms with Gasteiger partial charge in [-0.25, -0.2) is 0 Å². The maximum Gasteiger partial charge on any atom is 0.307 e. The Hall–Kier alpha value is -2.08. The molecule has 22 heavy (non-hydrogen) atoms. The third kappa shape index (κ3) is 3.22. The smallest absolute Gasteiger partial charge is 0.307 e. The van der Waals surface area contributed by atoms with Crippen LogP contribution in [0.3, 0.4) is 0 Å². The van der Waals surface area contributed by atoms with Crippen molar-refractivity contribution in [2.75, 3.05) is 5.32 Å². The van der Waals surface area contributed by atoms with Crippen LogP contribution in [0, 0.1) is 11.8 Å². The van der Waals surface area contributed by atoms with E-state index in [1.54, 1.807) is 12.1 Å². The fraction of sp³-hybridized carbons (Fsp3) is 0.400. The zero-order valence-corrected chi connectivity index (χ0v) is 12.4. The highest BCUT2D eigenvalue weighted by Crippen LogP contribution is 2.39. The molecule has 2 atom stereocenters. The number of carboxylic acid groups (broad SMARTS) is 1. The maximum absolute atomic E-state index is 12.1. The number of hydrogen-bond donors (Lipinski definition) is 3. The molecule has 1 aromatic carbocycles. The molecule has 0 radical (unpaired) electrons. The molecule has 0 heterocycles. The summed E-state index contributed by atoms with van der Waals surface area (Å²) in [5.74, 6) is -2.68. The zero-order valence-electron chi connectivity index (χ0n) is 11.6. The van der Waals surface area contributed by atoms with Gasteiger partial charge in [0.05, 0.1) is 22.4 Å². The second-order valence-corrected chi connectivity index (χ2v) is 6.13. The molecular formula is C15H15ClN2O4. The fourth-order valence-corrected chi connectivity index (χ4v) is 2.46. The van der Waals surface area contributed by atoms with Gasteiger partial charge < -0.3 is 15.7 Å². The molecule has 7 heteroatoms. The van der Waals surface area contributed by atoms with Crippen molar-refractivity contribution in [1.29, 1.82) is 0 Å². The van der Waals surface area contributed by atoms with Crippen molar-refractivity contribution in [2.24, 2.45) is 11.8 Å². The van der Waals surface area contributed by atoms with Crippen LogP contribution >= 0.6 is 11.6 Å². The lowest BCUT2D eigenvalue weighted by molar-refractivity contribution is -0.139. The van der Waals surface area contributed by atoms with Gasteiger partial charge in [0.2, 0.25) is 5.91 Å². The predicted molar refractivity (Wildman–Crippen MR) is 79.8 cm³/mol. The highest BCUT2D eigenvalue weighted by molar-refractivity contribution is 6.34. The Labute approximate surface area is 131 Å². The molecule has 0 bridgehead atoms. The van der Waals surface area contributed by atoms with Crippen LogP contribution in [0.5, 0.6) is 0 Å². The molecule has 0 aromatic heterocycles. The van der Waals surface area contributed by atoms with Gasteiger partial charge in [-0.1, -0.05) is 11.6 Å². The fourth-order valence-electron chi connectivity index (χ4n) is 2.26. The van der Waals surface area contributed by atoms with Gasteiger partial charge in [0, 0.05) is 11.7 Å². The third-order valence-electron chi connectivity index (χ3n) is 3.84. The molecule has 2 saturated carbocycles. The molecule has 2 fully saturated rings. The minimum Gasteiger partial charge on any atom is -0.481 e. The van der Waals surface area contributed by atoms with Crippen LogP contribution < -0.4 is 10.6 Å². The molecule has 0 saturated heterocycles. The number of hydrogen-bond acceptors (Lipinski definition) is 3. The lowest BCUT2D eigenvalue weighted by Gasteiger charge is -2.09. The average molecular weight is 323 g/mol. The topological polar surface area (TPSA) is 95.5 Å². The number of carboxylic acids is 1. The zero-order chi connectivity index (χ0) is 15.9. The first-order valence-corrected chi connectivity index (χ1v) is 7.47. The number of benzene rings is 1. The van der Waals surface area contributed by atoms with Gasteiger partial charge in [0.15, 0.2) is 0 Å². The summed E-state index contributed by atoms with van der Waals surface area (Å²) in [5.41, 5.74) is 0.739. The minimum absolute atomic E-state index is 0.213. The van der Waals surface area contributed by atoms with Crippen LogP contribution in [-0.2, 0) is 9.59 Å². The van der Waals surface area contributed by atoms with Gasteiger partial charge in [-0.15, -0.1) is 0 Å². The first kappa shape index (κ1) is 14.8. The maximum atomic E-state index is 12.1. The van der Waals surface area contributed by atoms with E-state index in [0.717, 1.165) is 12.8 Å². The van der Waals surface area contributed by atoms with E-state index in [9.17, 15) is 14.4 Å². The number of carbonyl (C=O) groups excluding carboxylic acids is 2. The summed E-state index contributed by atoms with van der Waals surface area (Å²) in [6.07, 6.45) is 2.29. The molecule has 116 valence electrons. The SMILES string of the molecule is O=C(NC1CC1)c1cc(NC(=O)C2CC2C(=O)O)ccc1Cl. The monoisotopic (exact) mass is 322 g/mol. The summed E-state index contributed by atoms with van der Waals surface area (Å²) in [6, 6.07) is 4.85. The predicted octanol–water partition coefficient (Wildman–Crippen LogP) is 1.89. The van der Waals surface area contributed by atoms with E-state index in [1.807, 2.05) is 0 Å². The molecule has 2 amide bonds. The van der Waals surface area contributed by atoms with Crippen molar-refractivity contribution < 1.29 is 19.5 Å². The second kappa shape index (κ2) is 5.61. The Kier molecular flexibility index (Phi) is 3.78. The van der Waals surface area contributed by atoms with E-state index >= 15 is 0 Å². The molecule has 3 rings (SSSR count). The number of carbonyl (C=O) groups is 3. The molecule has 2 aliphatic rings. The number of amides is 2. The van der Waals surface area contributed by atoms with Crippen molar-refractivity contribution in [3.8, 4) is 0 Å². The Bertz CT molecular complexity index is 657. The summed E-state index contributed by atoms with van der Waals surface area (Å²) >= 11 is 6.02. The largest absolute Gasteiger partial charge is 0.481 e. The molecular weight excluding hydrogens is 308 g/mol. The molecule has 1 aromatic rings. The van der Waals surface area contributed by atoms with E-state index in [-0.39, 0.29) is 17.9 Å². The summed E-state index contributed by atoms with van der Waals surface area (Å²) < 4.78 is 0. The van der Waals surface area contributed by atoms with Gasteiger partial charge >= 0.3 is 5.97 Å². The summed E-state index contributed by atoms with van der Waals surface area (Å²) in [4.78, 5) is 34.8. The average Bonchev–Trinajstić information content (AvgIpc) is 3.34. The molecule has 2 aliphatic carbocycles. The van der Waals surface area contributed by atoms with Crippen LogP contribution in [0.4, 0.5) is 5.69 Å². The Morgan fingerprint density at radius 1 is 1.18 bits per heavy atom. The van der Waals surface area contributed by atoms with Crippen molar-refractivity contribution >= 4 is 35.1 Å². The first-order chi connectivity index (χ1) is 10.5. The number of halogens is 1. The molecule has 6 nitrogen and oxygen atoms in total. The lowest BCUT2D eigenvalue weighted by atomic mass is 10.1. The molecule has 0 aliphatic heterocycles. The van der Waals surface area contributed by atoms with Gasteiger partial charge in [-0.2, -0.15) is 0 Å². The number of rotatable bonds is 5. The number of aliphatic carboxylic acids is 1. The Morgan fingerprint density at radius 3 is 2.50 bits per heavy atom. The number of anilines is 1. The number of nitrogens with one attached hydrogen (secondary N) is 2. The van der Waals surface area contributed by atoms with E-state index in [2.05, 4.69) is 10.6 Å². The molecule has 2 unspecified atom stereocenters. The van der Waals surface area contributed by atoms with Crippen LogP contribution in [-0.4, -0.2) is 28.9 Å². The Balaban J connectivity index is 1.68. The quantitative estimate of drug-likeness (QED) is 0.771. The summed E-state index contributed by atoms with van der Waals surface area (Å²) in [5, 5.41) is 14.6. The van der Waals surface area contributed by atoms with Crippen LogP contribution in [0.1, 0.15) is 29.6 Å². The van der Waals surface area contributed by atoms with Crippen molar-refractivity contribution in [2.45, 2.75) is 25.3 Å². The molecule has 0 spiro atoms. The Morgan fingerprint density at radius 2 is 1.91 bits per heavy atom. The van der Waals surface area contributed by atoms with Crippen LogP contribution in [0.2, 0.25) is 5.02 Å². The highest BCUT2D eigenvalue weighted by Gasteiger charge is 2.48. The van der Waals surface area contributed by atoms with Crippen molar-refractivity contribution in [3.63, 3.8) is 0 Å². The van der Waals surface area contributed by atoms with Crippen molar-refractivity contribution in [3.05, 3.63) is 28.8 Å². The van der Waals surface area contributed by atoms with Gasteiger partial charge in [-0.05, 0) is 37.5 Å². The first-order valence-electron chi connectivity index (χ1n) is 7.10. The summed E-state index contributed by atoms with van der Waals surface area (Å²) in [6.45, 7) is 0. The normalized spacial score (nSPS) is 22.8. The minimum atomic E-state index is -0.958. The van der Waals surface area contributed by atoms with E-state index < -0.39 is 17.8 Å².